The summed E-state index contributed by atoms with van der Waals surface area (Å²) in [4.78, 5) is 22.7. The minimum atomic E-state index is -0.0999. The van der Waals surface area contributed by atoms with E-state index in [0.29, 0.717) is 17.6 Å². The van der Waals surface area contributed by atoms with Crippen LogP contribution in [0, 0.1) is 6.92 Å². The molecule has 0 saturated carbocycles. The van der Waals surface area contributed by atoms with E-state index in [4.69, 9.17) is 21.3 Å². The zero-order chi connectivity index (χ0) is 20.5. The largest absolute Gasteiger partial charge is 0.497 e. The molecule has 0 atom stereocenters. The van der Waals surface area contributed by atoms with E-state index in [9.17, 15) is 4.79 Å². The quantitative estimate of drug-likeness (QED) is 0.442. The number of thiophene rings is 1. The van der Waals surface area contributed by atoms with Gasteiger partial charge in [0.05, 0.1) is 12.5 Å². The van der Waals surface area contributed by atoms with E-state index in [-0.39, 0.29) is 5.56 Å². The third-order valence-corrected chi connectivity index (χ3v) is 6.63. The molecule has 0 bridgehead atoms. The molecule has 4 aromatic rings. The summed E-state index contributed by atoms with van der Waals surface area (Å²) in [6.45, 7) is 4.07. The number of fused-ring (bicyclic) bond motifs is 1. The van der Waals surface area contributed by atoms with Gasteiger partial charge in [0.1, 0.15) is 16.4 Å². The number of aromatic nitrogens is 2. The van der Waals surface area contributed by atoms with Gasteiger partial charge >= 0.3 is 0 Å². The number of benzene rings is 2. The second kappa shape index (κ2) is 8.01. The van der Waals surface area contributed by atoms with Gasteiger partial charge in [-0.3, -0.25) is 4.79 Å². The summed E-state index contributed by atoms with van der Waals surface area (Å²) in [5.41, 5.74) is 3.93. The SMILES string of the molecule is CCc1sc2nc(Cc3ccc(OC)cc3)[nH]c(=O)c2c1-c1ccc(Cl)c(C)c1. The Kier molecular flexibility index (Phi) is 5.43. The van der Waals surface area contributed by atoms with E-state index in [1.165, 1.54) is 0 Å². The first-order valence-corrected chi connectivity index (χ1v) is 10.6. The van der Waals surface area contributed by atoms with E-state index in [1.807, 2.05) is 49.4 Å². The highest BCUT2D eigenvalue weighted by Gasteiger charge is 2.18. The van der Waals surface area contributed by atoms with E-state index >= 15 is 0 Å². The Morgan fingerprint density at radius 1 is 1.17 bits per heavy atom. The molecule has 0 aliphatic heterocycles. The van der Waals surface area contributed by atoms with Gasteiger partial charge in [-0.15, -0.1) is 11.3 Å². The maximum atomic E-state index is 13.0. The third-order valence-electron chi connectivity index (χ3n) is 4.98. The lowest BCUT2D eigenvalue weighted by atomic mass is 10.0. The maximum absolute atomic E-state index is 13.0. The average molecular weight is 425 g/mol. The summed E-state index contributed by atoms with van der Waals surface area (Å²) in [6, 6.07) is 13.7. The van der Waals surface area contributed by atoms with Gasteiger partial charge in [-0.1, -0.05) is 36.7 Å². The second-order valence-electron chi connectivity index (χ2n) is 6.94. The van der Waals surface area contributed by atoms with E-state index in [0.717, 1.165) is 49.2 Å². The van der Waals surface area contributed by atoms with Crippen molar-refractivity contribution in [2.75, 3.05) is 7.11 Å². The molecule has 0 aliphatic rings. The molecule has 0 unspecified atom stereocenters. The molecular weight excluding hydrogens is 404 g/mol. The summed E-state index contributed by atoms with van der Waals surface area (Å²) < 4.78 is 5.20. The lowest BCUT2D eigenvalue weighted by molar-refractivity contribution is 0.414. The number of H-pyrrole nitrogens is 1. The first-order chi connectivity index (χ1) is 14.0. The van der Waals surface area contributed by atoms with Crippen molar-refractivity contribution in [3.63, 3.8) is 0 Å². The molecule has 0 radical (unpaired) electrons. The number of rotatable bonds is 5. The minimum Gasteiger partial charge on any atom is -0.497 e. The molecule has 4 rings (SSSR count). The number of hydrogen-bond donors (Lipinski definition) is 1. The highest BCUT2D eigenvalue weighted by molar-refractivity contribution is 7.19. The fourth-order valence-electron chi connectivity index (χ4n) is 3.47. The Hall–Kier alpha value is -2.63. The van der Waals surface area contributed by atoms with Crippen molar-refractivity contribution in [3.8, 4) is 16.9 Å². The average Bonchev–Trinajstić information content (AvgIpc) is 3.10. The molecule has 0 fully saturated rings. The van der Waals surface area contributed by atoms with Gasteiger partial charge in [-0.05, 0) is 54.3 Å². The van der Waals surface area contributed by atoms with Crippen molar-refractivity contribution in [1.29, 1.82) is 0 Å². The molecule has 0 aliphatic carbocycles. The van der Waals surface area contributed by atoms with Crippen molar-refractivity contribution in [1.82, 2.24) is 9.97 Å². The lowest BCUT2D eigenvalue weighted by Gasteiger charge is -2.06. The Labute approximate surface area is 178 Å². The minimum absolute atomic E-state index is 0.0999. The molecule has 148 valence electrons. The Bertz CT molecular complexity index is 1240. The van der Waals surface area contributed by atoms with Crippen LogP contribution < -0.4 is 10.3 Å². The van der Waals surface area contributed by atoms with Crippen LogP contribution in [0.4, 0.5) is 0 Å². The molecule has 0 amide bonds. The highest BCUT2D eigenvalue weighted by Crippen LogP contribution is 2.37. The van der Waals surface area contributed by atoms with E-state index < -0.39 is 0 Å². The van der Waals surface area contributed by atoms with Gasteiger partial charge in [0, 0.05) is 21.9 Å². The Balaban J connectivity index is 1.80. The van der Waals surface area contributed by atoms with Gasteiger partial charge in [0.2, 0.25) is 0 Å². The molecule has 2 heterocycles. The standard InChI is InChI=1S/C23H21ClN2O2S/c1-4-18-20(15-7-10-17(24)13(2)11-15)21-22(27)25-19(26-23(21)29-18)12-14-5-8-16(28-3)9-6-14/h5-11H,4,12H2,1-3H3,(H,25,26,27). The molecular formula is C23H21ClN2O2S. The molecule has 0 saturated heterocycles. The Morgan fingerprint density at radius 2 is 1.93 bits per heavy atom. The normalized spacial score (nSPS) is 11.2. The summed E-state index contributed by atoms with van der Waals surface area (Å²) >= 11 is 7.79. The van der Waals surface area contributed by atoms with E-state index in [1.54, 1.807) is 18.4 Å². The van der Waals surface area contributed by atoms with E-state index in [2.05, 4.69) is 11.9 Å². The Morgan fingerprint density at radius 3 is 2.59 bits per heavy atom. The molecule has 1 N–H and O–H groups in total. The fraction of sp³-hybridized carbons (Fsp3) is 0.217. The van der Waals surface area contributed by atoms with Crippen LogP contribution in [0.5, 0.6) is 5.75 Å². The number of halogens is 1. The monoisotopic (exact) mass is 424 g/mol. The van der Waals surface area contributed by atoms with Gasteiger partial charge in [-0.25, -0.2) is 4.98 Å². The molecule has 0 spiro atoms. The number of aryl methyl sites for hydroxylation is 2. The first-order valence-electron chi connectivity index (χ1n) is 9.44. The summed E-state index contributed by atoms with van der Waals surface area (Å²) in [6.07, 6.45) is 1.40. The smallest absolute Gasteiger partial charge is 0.260 e. The van der Waals surface area contributed by atoms with Crippen molar-refractivity contribution in [3.05, 3.63) is 79.7 Å². The first kappa shape index (κ1) is 19.7. The van der Waals surface area contributed by atoms with Crippen molar-refractivity contribution >= 4 is 33.2 Å². The topological polar surface area (TPSA) is 55.0 Å². The number of hydrogen-bond acceptors (Lipinski definition) is 4. The molecule has 6 heteroatoms. The molecule has 2 aromatic carbocycles. The molecule has 2 aromatic heterocycles. The summed E-state index contributed by atoms with van der Waals surface area (Å²) in [5.74, 6) is 1.47. The van der Waals surface area contributed by atoms with Crippen molar-refractivity contribution < 1.29 is 4.74 Å². The third kappa shape index (κ3) is 3.80. The number of nitrogens with zero attached hydrogens (tertiary/aromatic N) is 1. The van der Waals surface area contributed by atoms with Crippen LogP contribution in [0.25, 0.3) is 21.3 Å². The number of aromatic amines is 1. The van der Waals surface area contributed by atoms with Crippen LogP contribution in [-0.4, -0.2) is 17.1 Å². The highest BCUT2D eigenvalue weighted by atomic mass is 35.5. The van der Waals surface area contributed by atoms with Crippen LogP contribution in [0.2, 0.25) is 5.02 Å². The van der Waals surface area contributed by atoms with Gasteiger partial charge in [0.15, 0.2) is 0 Å². The maximum Gasteiger partial charge on any atom is 0.260 e. The van der Waals surface area contributed by atoms with Gasteiger partial charge in [-0.2, -0.15) is 0 Å². The van der Waals surface area contributed by atoms with Crippen LogP contribution in [0.1, 0.15) is 28.8 Å². The number of methoxy groups -OCH3 is 1. The second-order valence-corrected chi connectivity index (χ2v) is 8.43. The summed E-state index contributed by atoms with van der Waals surface area (Å²) in [7, 11) is 1.64. The zero-order valence-corrected chi connectivity index (χ0v) is 18.1. The van der Waals surface area contributed by atoms with Crippen molar-refractivity contribution in [2.45, 2.75) is 26.7 Å². The molecule has 29 heavy (non-hydrogen) atoms. The van der Waals surface area contributed by atoms with Gasteiger partial charge < -0.3 is 9.72 Å². The van der Waals surface area contributed by atoms with Crippen LogP contribution in [0.3, 0.4) is 0 Å². The van der Waals surface area contributed by atoms with Crippen LogP contribution >= 0.6 is 22.9 Å². The van der Waals surface area contributed by atoms with Crippen LogP contribution in [0.15, 0.2) is 47.3 Å². The van der Waals surface area contributed by atoms with Crippen LogP contribution in [-0.2, 0) is 12.8 Å². The molecule has 4 nitrogen and oxygen atoms in total. The van der Waals surface area contributed by atoms with Crippen molar-refractivity contribution in [2.24, 2.45) is 0 Å². The lowest BCUT2D eigenvalue weighted by Crippen LogP contribution is -2.11. The zero-order valence-electron chi connectivity index (χ0n) is 16.5. The summed E-state index contributed by atoms with van der Waals surface area (Å²) in [5, 5.41) is 1.38. The predicted octanol–water partition coefficient (Wildman–Crippen LogP) is 5.78. The number of ether oxygens (including phenoxy) is 1. The predicted molar refractivity (Wildman–Crippen MR) is 121 cm³/mol. The number of nitrogens with one attached hydrogen (secondary N) is 1. The fourth-order valence-corrected chi connectivity index (χ4v) is 4.74. The van der Waals surface area contributed by atoms with Gasteiger partial charge in [0.25, 0.3) is 5.56 Å².